The summed E-state index contributed by atoms with van der Waals surface area (Å²) < 4.78 is 16.3. The maximum atomic E-state index is 12.7. The van der Waals surface area contributed by atoms with Gasteiger partial charge in [-0.1, -0.05) is 43.6 Å². The van der Waals surface area contributed by atoms with E-state index in [0.29, 0.717) is 30.8 Å². The number of carbonyl (C=O) groups is 2. The Morgan fingerprint density at radius 3 is 2.47 bits per heavy atom. The van der Waals surface area contributed by atoms with E-state index in [9.17, 15) is 19.8 Å². The van der Waals surface area contributed by atoms with E-state index >= 15 is 0 Å². The molecule has 0 fully saturated rings. The van der Waals surface area contributed by atoms with Crippen molar-refractivity contribution >= 4 is 23.5 Å². The molecule has 1 unspecified atom stereocenters. The van der Waals surface area contributed by atoms with Crippen LogP contribution in [0.1, 0.15) is 50.8 Å². The minimum absolute atomic E-state index is 0.0155. The number of esters is 1. The molecule has 0 spiro atoms. The van der Waals surface area contributed by atoms with Gasteiger partial charge in [0.05, 0.1) is 6.10 Å². The number of carboxylic acids is 1. The number of nitrogens with one attached hydrogen (secondary N) is 1. The summed E-state index contributed by atoms with van der Waals surface area (Å²) in [6, 6.07) is 12.1. The van der Waals surface area contributed by atoms with Crippen LogP contribution in [-0.4, -0.2) is 46.6 Å². The van der Waals surface area contributed by atoms with Crippen LogP contribution in [0, 0.1) is 0 Å². The summed E-state index contributed by atoms with van der Waals surface area (Å²) >= 11 is 5.98. The number of benzene rings is 2. The minimum Gasteiger partial charge on any atom is -0.475 e. The highest BCUT2D eigenvalue weighted by Crippen LogP contribution is 2.41. The Balaban J connectivity index is 1.63. The number of aliphatic hydroxyl groups is 1. The molecule has 0 saturated carbocycles. The normalized spacial score (nSPS) is 18.5. The largest absolute Gasteiger partial charge is 0.475 e. The van der Waals surface area contributed by atoms with Gasteiger partial charge >= 0.3 is 17.7 Å². The number of hydrogen-bond donors (Lipinski definition) is 3. The lowest BCUT2D eigenvalue weighted by atomic mass is 10.1. The number of carboxylic acid groups (broad SMARTS) is 1. The molecule has 2 aromatic carbocycles. The fourth-order valence-corrected chi connectivity index (χ4v) is 3.89. The summed E-state index contributed by atoms with van der Waals surface area (Å²) in [6.07, 6.45) is 0.522. The van der Waals surface area contributed by atoms with Crippen molar-refractivity contribution in [1.82, 2.24) is 5.32 Å². The summed E-state index contributed by atoms with van der Waals surface area (Å²) in [5, 5.41) is 23.9. The van der Waals surface area contributed by atoms with Gasteiger partial charge in [-0.15, -0.1) is 0 Å². The molecule has 0 bridgehead atoms. The van der Waals surface area contributed by atoms with Gasteiger partial charge in [0, 0.05) is 17.6 Å². The number of hydrogen-bond acceptors (Lipinski definition) is 7. The van der Waals surface area contributed by atoms with Gasteiger partial charge < -0.3 is 29.7 Å². The second-order valence-corrected chi connectivity index (χ2v) is 8.77. The third-order valence-corrected chi connectivity index (χ3v) is 5.92. The van der Waals surface area contributed by atoms with E-state index in [4.69, 9.17) is 25.8 Å². The third kappa shape index (κ3) is 5.81. The van der Waals surface area contributed by atoms with E-state index in [2.05, 4.69) is 5.32 Å². The van der Waals surface area contributed by atoms with Gasteiger partial charge in [0.2, 0.25) is 0 Å². The predicted octanol–water partition coefficient (Wildman–Crippen LogP) is 3.88. The fourth-order valence-electron chi connectivity index (χ4n) is 3.69. The molecule has 1 aliphatic heterocycles. The molecule has 0 saturated heterocycles. The molecule has 34 heavy (non-hydrogen) atoms. The Morgan fingerprint density at radius 1 is 1.12 bits per heavy atom. The summed E-state index contributed by atoms with van der Waals surface area (Å²) in [5.74, 6) is -4.91. The minimum atomic E-state index is -2.56. The molecular formula is C25H30ClNO7. The van der Waals surface area contributed by atoms with Crippen molar-refractivity contribution in [2.24, 2.45) is 0 Å². The second-order valence-electron chi connectivity index (χ2n) is 8.33. The van der Waals surface area contributed by atoms with Gasteiger partial charge in [0.15, 0.2) is 11.5 Å². The van der Waals surface area contributed by atoms with E-state index in [1.165, 1.54) is 0 Å². The lowest BCUT2D eigenvalue weighted by Gasteiger charge is -2.23. The molecule has 8 nitrogen and oxygen atoms in total. The number of ether oxygens (including phenoxy) is 3. The molecule has 0 amide bonds. The Labute approximate surface area is 203 Å². The first-order chi connectivity index (χ1) is 16.2. The molecular weight excluding hydrogens is 462 g/mol. The standard InChI is InChI=1S/C25H30ClNO7/c1-4-19(5-2)32-24(31)25(23(29)30)33-21-10-9-16(12-22(21)34-25)11-15(3)27-14-20(28)17-7-6-8-18(26)13-17/h6-10,12-13,15,19-20,27-28H,4-5,11,14H2,1-3H3,(H,29,30)/t15-,20+,25?/m1/s1. The van der Waals surface area contributed by atoms with Crippen LogP contribution in [0.2, 0.25) is 5.02 Å². The number of fused-ring (bicyclic) bond motifs is 1. The average molecular weight is 492 g/mol. The Hall–Kier alpha value is -2.81. The zero-order valence-electron chi connectivity index (χ0n) is 19.4. The number of halogens is 1. The van der Waals surface area contributed by atoms with Crippen molar-refractivity contribution in [1.29, 1.82) is 0 Å². The van der Waals surface area contributed by atoms with Crippen LogP contribution in [0.3, 0.4) is 0 Å². The van der Waals surface area contributed by atoms with Crippen LogP contribution >= 0.6 is 11.6 Å². The quantitative estimate of drug-likeness (QED) is 0.320. The van der Waals surface area contributed by atoms with Crippen molar-refractivity contribution in [3.63, 3.8) is 0 Å². The van der Waals surface area contributed by atoms with Crippen molar-refractivity contribution in [2.45, 2.75) is 64.1 Å². The van der Waals surface area contributed by atoms with Gasteiger partial charge in [-0.3, -0.25) is 0 Å². The molecule has 3 N–H and O–H groups in total. The fraction of sp³-hybridized carbons (Fsp3) is 0.440. The number of rotatable bonds is 11. The monoisotopic (exact) mass is 491 g/mol. The smallest absolute Gasteiger partial charge is 0.453 e. The molecule has 0 aromatic heterocycles. The highest BCUT2D eigenvalue weighted by atomic mass is 35.5. The summed E-state index contributed by atoms with van der Waals surface area (Å²) in [5.41, 5.74) is 1.56. The zero-order valence-corrected chi connectivity index (χ0v) is 20.2. The SMILES string of the molecule is CCC(CC)OC(=O)C1(C(=O)O)Oc2ccc(C[C@@H](C)NC[C@H](O)c3cccc(Cl)c3)cc2O1. The first kappa shape index (κ1) is 25.8. The molecule has 1 aliphatic rings. The van der Waals surface area contributed by atoms with Crippen molar-refractivity contribution in [2.75, 3.05) is 6.54 Å². The van der Waals surface area contributed by atoms with Gasteiger partial charge in [0.1, 0.15) is 6.10 Å². The van der Waals surface area contributed by atoms with E-state index in [1.54, 1.807) is 36.4 Å². The number of aliphatic carboxylic acids is 1. The zero-order chi connectivity index (χ0) is 24.9. The molecule has 184 valence electrons. The van der Waals surface area contributed by atoms with Crippen molar-refractivity contribution in [3.05, 3.63) is 58.6 Å². The van der Waals surface area contributed by atoms with Gasteiger partial charge in [0.25, 0.3) is 0 Å². The topological polar surface area (TPSA) is 114 Å². The molecule has 2 aromatic rings. The van der Waals surface area contributed by atoms with Gasteiger partial charge in [-0.05, 0) is 61.6 Å². The summed E-state index contributed by atoms with van der Waals surface area (Å²) in [7, 11) is 0. The van der Waals surface area contributed by atoms with Crippen molar-refractivity contribution < 1.29 is 34.0 Å². The van der Waals surface area contributed by atoms with Crippen LogP contribution in [0.5, 0.6) is 11.5 Å². The first-order valence-corrected chi connectivity index (χ1v) is 11.7. The third-order valence-electron chi connectivity index (χ3n) is 5.69. The van der Waals surface area contributed by atoms with E-state index in [-0.39, 0.29) is 17.5 Å². The van der Waals surface area contributed by atoms with Crippen LogP contribution in [0.4, 0.5) is 0 Å². The molecule has 1 heterocycles. The Bertz CT molecular complexity index is 1030. The maximum Gasteiger partial charge on any atom is 0.453 e. The maximum absolute atomic E-state index is 12.7. The summed E-state index contributed by atoms with van der Waals surface area (Å²) in [6.45, 7) is 5.98. The lowest BCUT2D eigenvalue weighted by molar-refractivity contribution is -0.202. The van der Waals surface area contributed by atoms with E-state index in [1.807, 2.05) is 26.8 Å². The van der Waals surface area contributed by atoms with Crippen LogP contribution in [-0.2, 0) is 20.7 Å². The molecule has 3 atom stereocenters. The van der Waals surface area contributed by atoms with E-state index < -0.39 is 29.9 Å². The Kier molecular flexibility index (Phi) is 8.41. The number of aliphatic hydroxyl groups excluding tert-OH is 1. The first-order valence-electron chi connectivity index (χ1n) is 11.3. The van der Waals surface area contributed by atoms with E-state index in [0.717, 1.165) is 11.1 Å². The predicted molar refractivity (Wildman–Crippen MR) is 126 cm³/mol. The van der Waals surface area contributed by atoms with Crippen LogP contribution in [0.25, 0.3) is 0 Å². The molecule has 0 aliphatic carbocycles. The van der Waals surface area contributed by atoms with Crippen LogP contribution < -0.4 is 14.8 Å². The average Bonchev–Trinajstić information content (AvgIpc) is 3.21. The lowest BCUT2D eigenvalue weighted by Crippen LogP contribution is -2.55. The molecule has 9 heteroatoms. The van der Waals surface area contributed by atoms with Crippen LogP contribution in [0.15, 0.2) is 42.5 Å². The highest BCUT2D eigenvalue weighted by Gasteiger charge is 2.59. The highest BCUT2D eigenvalue weighted by molar-refractivity contribution is 6.30. The molecule has 0 radical (unpaired) electrons. The summed E-state index contributed by atoms with van der Waals surface area (Å²) in [4.78, 5) is 24.6. The molecule has 3 rings (SSSR count). The van der Waals surface area contributed by atoms with Gasteiger partial charge in [-0.2, -0.15) is 0 Å². The van der Waals surface area contributed by atoms with Gasteiger partial charge in [-0.25, -0.2) is 9.59 Å². The second kappa shape index (κ2) is 11.1. The van der Waals surface area contributed by atoms with Crippen molar-refractivity contribution in [3.8, 4) is 11.5 Å². The number of carbonyl (C=O) groups excluding carboxylic acids is 1. The Morgan fingerprint density at radius 2 is 1.82 bits per heavy atom.